The van der Waals surface area contributed by atoms with Crippen molar-refractivity contribution in [1.29, 1.82) is 0 Å². The van der Waals surface area contributed by atoms with Crippen LogP contribution in [-0.2, 0) is 9.53 Å². The molecule has 1 atom stereocenters. The van der Waals surface area contributed by atoms with E-state index in [1.807, 2.05) is 0 Å². The molecule has 5 heteroatoms. The van der Waals surface area contributed by atoms with E-state index in [-0.39, 0.29) is 5.91 Å². The van der Waals surface area contributed by atoms with E-state index in [0.29, 0.717) is 15.7 Å². The molecule has 0 fully saturated rings. The fourth-order valence-electron chi connectivity index (χ4n) is 0.977. The second-order valence-corrected chi connectivity index (χ2v) is 3.90. The molecule has 0 saturated heterocycles. The van der Waals surface area contributed by atoms with Crippen molar-refractivity contribution in [2.24, 2.45) is 0 Å². The van der Waals surface area contributed by atoms with Gasteiger partial charge in [0.1, 0.15) is 6.10 Å². The van der Waals surface area contributed by atoms with Gasteiger partial charge in [-0.05, 0) is 25.1 Å². The van der Waals surface area contributed by atoms with Gasteiger partial charge in [0, 0.05) is 22.8 Å². The highest BCUT2D eigenvalue weighted by Crippen LogP contribution is 2.22. The van der Waals surface area contributed by atoms with Gasteiger partial charge < -0.3 is 10.1 Å². The molecule has 0 radical (unpaired) electrons. The van der Waals surface area contributed by atoms with Gasteiger partial charge >= 0.3 is 0 Å². The summed E-state index contributed by atoms with van der Waals surface area (Å²) in [5.74, 6) is -0.240. The minimum absolute atomic E-state index is 0.240. The Morgan fingerprint density at radius 1 is 1.33 bits per heavy atom. The van der Waals surface area contributed by atoms with E-state index < -0.39 is 6.10 Å². The number of benzene rings is 1. The molecular weight excluding hydrogens is 237 g/mol. The SMILES string of the molecule is COC(C)C(=O)Nc1cc(Cl)cc(Cl)c1. The van der Waals surface area contributed by atoms with Crippen LogP contribution in [0.15, 0.2) is 18.2 Å². The van der Waals surface area contributed by atoms with Gasteiger partial charge in [0.15, 0.2) is 0 Å². The molecule has 3 nitrogen and oxygen atoms in total. The lowest BCUT2D eigenvalue weighted by Crippen LogP contribution is -2.26. The first-order valence-corrected chi connectivity index (χ1v) is 5.08. The fraction of sp³-hybridized carbons (Fsp3) is 0.300. The zero-order valence-electron chi connectivity index (χ0n) is 8.38. The number of anilines is 1. The average molecular weight is 248 g/mol. The Labute approximate surface area is 98.3 Å². The predicted octanol–water partition coefficient (Wildman–Crippen LogP) is 2.97. The van der Waals surface area contributed by atoms with Crippen LogP contribution >= 0.6 is 23.2 Å². The van der Waals surface area contributed by atoms with Gasteiger partial charge in [-0.1, -0.05) is 23.2 Å². The second kappa shape index (κ2) is 5.35. The van der Waals surface area contributed by atoms with Crippen LogP contribution in [0, 0.1) is 0 Å². The molecule has 1 N–H and O–H groups in total. The highest BCUT2D eigenvalue weighted by Gasteiger charge is 2.11. The summed E-state index contributed by atoms with van der Waals surface area (Å²) in [6.45, 7) is 1.65. The van der Waals surface area contributed by atoms with E-state index in [9.17, 15) is 4.79 Å². The zero-order chi connectivity index (χ0) is 11.4. The number of nitrogens with one attached hydrogen (secondary N) is 1. The smallest absolute Gasteiger partial charge is 0.253 e. The van der Waals surface area contributed by atoms with Crippen LogP contribution < -0.4 is 5.32 Å². The van der Waals surface area contributed by atoms with Crippen molar-refractivity contribution in [1.82, 2.24) is 0 Å². The van der Waals surface area contributed by atoms with E-state index in [1.54, 1.807) is 25.1 Å². The predicted molar refractivity (Wildman–Crippen MR) is 61.6 cm³/mol. The van der Waals surface area contributed by atoms with Crippen molar-refractivity contribution in [2.45, 2.75) is 13.0 Å². The van der Waals surface area contributed by atoms with Crippen LogP contribution in [0.5, 0.6) is 0 Å². The highest BCUT2D eigenvalue weighted by molar-refractivity contribution is 6.35. The number of hydrogen-bond acceptors (Lipinski definition) is 2. The van der Waals surface area contributed by atoms with Crippen LogP contribution in [0.4, 0.5) is 5.69 Å². The molecule has 0 aliphatic heterocycles. The van der Waals surface area contributed by atoms with Crippen LogP contribution in [0.3, 0.4) is 0 Å². The van der Waals surface area contributed by atoms with Gasteiger partial charge in [-0.15, -0.1) is 0 Å². The van der Waals surface area contributed by atoms with Crippen molar-refractivity contribution in [3.8, 4) is 0 Å². The molecular formula is C10H11Cl2NO2. The summed E-state index contributed by atoms with van der Waals surface area (Å²) < 4.78 is 4.87. The summed E-state index contributed by atoms with van der Waals surface area (Å²) in [4.78, 5) is 11.4. The molecule has 1 unspecified atom stereocenters. The van der Waals surface area contributed by atoms with Crippen molar-refractivity contribution < 1.29 is 9.53 Å². The van der Waals surface area contributed by atoms with E-state index in [4.69, 9.17) is 27.9 Å². The number of hydrogen-bond donors (Lipinski definition) is 1. The van der Waals surface area contributed by atoms with E-state index in [1.165, 1.54) is 7.11 Å². The minimum atomic E-state index is -0.511. The third-order valence-electron chi connectivity index (χ3n) is 1.85. The van der Waals surface area contributed by atoms with Crippen LogP contribution in [-0.4, -0.2) is 19.1 Å². The summed E-state index contributed by atoms with van der Waals surface area (Å²) in [7, 11) is 1.47. The molecule has 0 aliphatic rings. The number of ether oxygens (including phenoxy) is 1. The maximum atomic E-state index is 11.4. The van der Waals surface area contributed by atoms with E-state index in [0.717, 1.165) is 0 Å². The maximum Gasteiger partial charge on any atom is 0.253 e. The molecule has 15 heavy (non-hydrogen) atoms. The first-order valence-electron chi connectivity index (χ1n) is 4.32. The van der Waals surface area contributed by atoms with Crippen molar-refractivity contribution in [3.63, 3.8) is 0 Å². The van der Waals surface area contributed by atoms with Crippen molar-refractivity contribution in [3.05, 3.63) is 28.2 Å². The van der Waals surface area contributed by atoms with Gasteiger partial charge in [-0.25, -0.2) is 0 Å². The summed E-state index contributed by atoms with van der Waals surface area (Å²) in [5, 5.41) is 3.59. The molecule has 0 saturated carbocycles. The number of rotatable bonds is 3. The van der Waals surface area contributed by atoms with Gasteiger partial charge in [0.25, 0.3) is 5.91 Å². The van der Waals surface area contributed by atoms with Crippen molar-refractivity contribution in [2.75, 3.05) is 12.4 Å². The Bertz CT molecular complexity index is 348. The quantitative estimate of drug-likeness (QED) is 0.892. The summed E-state index contributed by atoms with van der Waals surface area (Å²) >= 11 is 11.6. The molecule has 0 aliphatic carbocycles. The Balaban J connectivity index is 2.76. The van der Waals surface area contributed by atoms with Gasteiger partial charge in [-0.3, -0.25) is 4.79 Å². The molecule has 1 aromatic rings. The Kier molecular flexibility index (Phi) is 4.39. The van der Waals surface area contributed by atoms with Crippen LogP contribution in [0.25, 0.3) is 0 Å². The van der Waals surface area contributed by atoms with Gasteiger partial charge in [0.2, 0.25) is 0 Å². The largest absolute Gasteiger partial charge is 0.372 e. The normalized spacial score (nSPS) is 12.3. The monoisotopic (exact) mass is 247 g/mol. The van der Waals surface area contributed by atoms with Gasteiger partial charge in [-0.2, -0.15) is 0 Å². The average Bonchev–Trinajstić information content (AvgIpc) is 2.14. The highest BCUT2D eigenvalue weighted by atomic mass is 35.5. The van der Waals surface area contributed by atoms with Crippen LogP contribution in [0.2, 0.25) is 10.0 Å². The summed E-state index contributed by atoms with van der Waals surface area (Å²) in [6.07, 6.45) is -0.511. The Morgan fingerprint density at radius 2 is 1.87 bits per heavy atom. The Hall–Kier alpha value is -0.770. The van der Waals surface area contributed by atoms with E-state index in [2.05, 4.69) is 5.32 Å². The number of carbonyl (C=O) groups excluding carboxylic acids is 1. The Morgan fingerprint density at radius 3 is 2.33 bits per heavy atom. The molecule has 0 bridgehead atoms. The first-order chi connectivity index (χ1) is 7.02. The van der Waals surface area contributed by atoms with Crippen molar-refractivity contribution >= 4 is 34.8 Å². The lowest BCUT2D eigenvalue weighted by atomic mass is 10.3. The maximum absolute atomic E-state index is 11.4. The molecule has 1 amide bonds. The standard InChI is InChI=1S/C10H11Cl2NO2/c1-6(15-2)10(14)13-9-4-7(11)3-8(12)5-9/h3-6H,1-2H3,(H,13,14). The van der Waals surface area contributed by atoms with E-state index >= 15 is 0 Å². The molecule has 1 aromatic carbocycles. The lowest BCUT2D eigenvalue weighted by molar-refractivity contribution is -0.124. The number of amides is 1. The van der Waals surface area contributed by atoms with Gasteiger partial charge in [0.05, 0.1) is 0 Å². The summed E-state index contributed by atoms with van der Waals surface area (Å²) in [6, 6.07) is 4.83. The minimum Gasteiger partial charge on any atom is -0.372 e. The topological polar surface area (TPSA) is 38.3 Å². The molecule has 1 rings (SSSR count). The van der Waals surface area contributed by atoms with Crippen LogP contribution in [0.1, 0.15) is 6.92 Å². The molecule has 82 valence electrons. The molecule has 0 heterocycles. The third kappa shape index (κ3) is 3.70. The summed E-state index contributed by atoms with van der Waals surface area (Å²) in [5.41, 5.74) is 0.557. The number of halogens is 2. The number of carbonyl (C=O) groups is 1. The second-order valence-electron chi connectivity index (χ2n) is 3.03. The number of methoxy groups -OCH3 is 1. The fourth-order valence-corrected chi connectivity index (χ4v) is 1.50. The molecule has 0 spiro atoms. The third-order valence-corrected chi connectivity index (χ3v) is 2.29. The molecule has 0 aromatic heterocycles. The first kappa shape index (κ1) is 12.3. The lowest BCUT2D eigenvalue weighted by Gasteiger charge is -2.10. The zero-order valence-corrected chi connectivity index (χ0v) is 9.89.